The SMILES string of the molecule is CCNC(=NCc1ccccc1OC(F)(F)F)NC1CCCC(S(=O)CC)C1.I. The van der Waals surface area contributed by atoms with Gasteiger partial charge in [0.1, 0.15) is 5.75 Å². The monoisotopic (exact) mass is 547 g/mol. The van der Waals surface area contributed by atoms with Crippen molar-refractivity contribution in [2.75, 3.05) is 12.3 Å². The predicted molar refractivity (Wildman–Crippen MR) is 121 cm³/mol. The fraction of sp³-hybridized carbons (Fsp3) is 0.632. The molecule has 0 bridgehead atoms. The maximum atomic E-state index is 12.6. The molecule has 1 aliphatic carbocycles. The van der Waals surface area contributed by atoms with E-state index in [9.17, 15) is 17.4 Å². The van der Waals surface area contributed by atoms with Crippen LogP contribution in [0.4, 0.5) is 13.2 Å². The highest BCUT2D eigenvalue weighted by Crippen LogP contribution is 2.27. The van der Waals surface area contributed by atoms with Gasteiger partial charge in [0.25, 0.3) is 0 Å². The number of hydrogen-bond donors (Lipinski definition) is 2. The number of hydrogen-bond acceptors (Lipinski definition) is 3. The van der Waals surface area contributed by atoms with E-state index in [0.29, 0.717) is 23.8 Å². The third kappa shape index (κ3) is 9.10. The predicted octanol–water partition coefficient (Wildman–Crippen LogP) is 4.34. The Morgan fingerprint density at radius 2 is 2.00 bits per heavy atom. The average molecular weight is 547 g/mol. The standard InChI is InChI=1S/C19H28F3N3O2S.HI/c1-3-23-18(25-15-9-7-10-16(12-15)28(26)4-2)24-13-14-8-5-6-11-17(14)27-19(20,21)22;/h5-6,8,11,15-16H,3-4,7,9-10,12-13H2,1-2H3,(H2,23,24,25);1H. The molecule has 166 valence electrons. The van der Waals surface area contributed by atoms with Crippen LogP contribution in [-0.2, 0) is 17.3 Å². The normalized spacial score (nSPS) is 21.1. The van der Waals surface area contributed by atoms with Crippen LogP contribution in [0, 0.1) is 0 Å². The summed E-state index contributed by atoms with van der Waals surface area (Å²) in [6, 6.07) is 6.14. The molecule has 1 fully saturated rings. The van der Waals surface area contributed by atoms with E-state index in [4.69, 9.17) is 0 Å². The number of para-hydroxylation sites is 1. The highest BCUT2D eigenvalue weighted by Gasteiger charge is 2.32. The molecule has 1 aromatic carbocycles. The highest BCUT2D eigenvalue weighted by molar-refractivity contribution is 14.0. The van der Waals surface area contributed by atoms with Gasteiger partial charge in [-0.15, -0.1) is 37.1 Å². The lowest BCUT2D eigenvalue weighted by Gasteiger charge is -2.30. The Kier molecular flexibility index (Phi) is 11.3. The van der Waals surface area contributed by atoms with E-state index in [-0.39, 0.29) is 47.6 Å². The Morgan fingerprint density at radius 1 is 1.28 bits per heavy atom. The Balaban J connectivity index is 0.00000420. The van der Waals surface area contributed by atoms with Crippen molar-refractivity contribution in [3.05, 3.63) is 29.8 Å². The van der Waals surface area contributed by atoms with Gasteiger partial charge in [0.15, 0.2) is 5.96 Å². The van der Waals surface area contributed by atoms with Crippen molar-refractivity contribution < 1.29 is 22.1 Å². The number of halogens is 4. The summed E-state index contributed by atoms with van der Waals surface area (Å²) >= 11 is 0. The Bertz CT molecular complexity index is 689. The van der Waals surface area contributed by atoms with Gasteiger partial charge in [-0.1, -0.05) is 31.5 Å². The number of rotatable bonds is 7. The molecule has 0 radical (unpaired) electrons. The molecule has 1 aliphatic rings. The van der Waals surface area contributed by atoms with Crippen LogP contribution in [0.1, 0.15) is 45.1 Å². The lowest BCUT2D eigenvalue weighted by atomic mass is 9.95. The molecule has 0 aromatic heterocycles. The van der Waals surface area contributed by atoms with Gasteiger partial charge < -0.3 is 15.4 Å². The van der Waals surface area contributed by atoms with Crippen molar-refractivity contribution >= 4 is 40.7 Å². The molecular formula is C19H29F3IN3O2S. The first kappa shape index (κ1) is 26.0. The molecule has 5 nitrogen and oxygen atoms in total. The number of nitrogens with one attached hydrogen (secondary N) is 2. The van der Waals surface area contributed by atoms with Crippen LogP contribution >= 0.6 is 24.0 Å². The van der Waals surface area contributed by atoms with Crippen LogP contribution in [0.3, 0.4) is 0 Å². The van der Waals surface area contributed by atoms with Gasteiger partial charge in [0.05, 0.1) is 6.54 Å². The van der Waals surface area contributed by atoms with Crippen molar-refractivity contribution in [2.24, 2.45) is 4.99 Å². The lowest BCUT2D eigenvalue weighted by Crippen LogP contribution is -2.46. The summed E-state index contributed by atoms with van der Waals surface area (Å²) in [5, 5.41) is 6.65. The topological polar surface area (TPSA) is 62.7 Å². The Hall–Kier alpha value is -1.04. The van der Waals surface area contributed by atoms with Crippen LogP contribution in [0.15, 0.2) is 29.3 Å². The molecule has 0 spiro atoms. The first-order chi connectivity index (χ1) is 13.3. The number of alkyl halides is 3. The quantitative estimate of drug-likeness (QED) is 0.303. The number of nitrogens with zero attached hydrogens (tertiary/aromatic N) is 1. The van der Waals surface area contributed by atoms with Crippen LogP contribution in [0.25, 0.3) is 0 Å². The smallest absolute Gasteiger partial charge is 0.405 e. The minimum atomic E-state index is -4.74. The number of aliphatic imine (C=N–C) groups is 1. The maximum Gasteiger partial charge on any atom is 0.573 e. The lowest BCUT2D eigenvalue weighted by molar-refractivity contribution is -0.274. The molecule has 0 aliphatic heterocycles. The summed E-state index contributed by atoms with van der Waals surface area (Å²) in [4.78, 5) is 4.43. The molecular weight excluding hydrogens is 518 g/mol. The molecule has 10 heteroatoms. The van der Waals surface area contributed by atoms with Crippen molar-refractivity contribution in [2.45, 2.75) is 63.7 Å². The zero-order chi connectivity index (χ0) is 20.6. The van der Waals surface area contributed by atoms with Gasteiger partial charge >= 0.3 is 6.36 Å². The van der Waals surface area contributed by atoms with Crippen LogP contribution in [-0.4, -0.2) is 40.1 Å². The zero-order valence-corrected chi connectivity index (χ0v) is 19.8. The van der Waals surface area contributed by atoms with Crippen LogP contribution in [0.2, 0.25) is 0 Å². The molecule has 3 unspecified atom stereocenters. The minimum absolute atomic E-state index is 0. The van der Waals surface area contributed by atoms with Gasteiger partial charge in [0.2, 0.25) is 0 Å². The Morgan fingerprint density at radius 3 is 2.66 bits per heavy atom. The Labute approximate surface area is 189 Å². The molecule has 2 N–H and O–H groups in total. The molecule has 0 heterocycles. The minimum Gasteiger partial charge on any atom is -0.405 e. The maximum absolute atomic E-state index is 12.6. The molecule has 0 saturated heterocycles. The van der Waals surface area contributed by atoms with Crippen LogP contribution in [0.5, 0.6) is 5.75 Å². The largest absolute Gasteiger partial charge is 0.573 e. The summed E-state index contributed by atoms with van der Waals surface area (Å²) in [6.07, 6.45) is -1.02. The molecule has 2 rings (SSSR count). The molecule has 1 saturated carbocycles. The fourth-order valence-corrected chi connectivity index (χ4v) is 4.63. The van der Waals surface area contributed by atoms with Crippen molar-refractivity contribution in [1.29, 1.82) is 0 Å². The van der Waals surface area contributed by atoms with Gasteiger partial charge in [-0.3, -0.25) is 4.21 Å². The van der Waals surface area contributed by atoms with Gasteiger partial charge in [-0.2, -0.15) is 0 Å². The van der Waals surface area contributed by atoms with Crippen molar-refractivity contribution in [3.63, 3.8) is 0 Å². The van der Waals surface area contributed by atoms with Gasteiger partial charge in [0, 0.05) is 40.0 Å². The molecule has 1 aromatic rings. The second-order valence-electron chi connectivity index (χ2n) is 6.65. The summed E-state index contributed by atoms with van der Waals surface area (Å²) in [5.74, 6) is 0.949. The van der Waals surface area contributed by atoms with E-state index in [0.717, 1.165) is 25.7 Å². The van der Waals surface area contributed by atoms with E-state index in [1.807, 2.05) is 13.8 Å². The van der Waals surface area contributed by atoms with E-state index >= 15 is 0 Å². The van der Waals surface area contributed by atoms with E-state index < -0.39 is 17.2 Å². The molecule has 29 heavy (non-hydrogen) atoms. The second-order valence-corrected chi connectivity index (χ2v) is 8.66. The summed E-state index contributed by atoms with van der Waals surface area (Å²) in [7, 11) is -0.822. The molecule has 3 atom stereocenters. The summed E-state index contributed by atoms with van der Waals surface area (Å²) in [6.45, 7) is 4.54. The summed E-state index contributed by atoms with van der Waals surface area (Å²) in [5.41, 5.74) is 0.352. The van der Waals surface area contributed by atoms with Crippen molar-refractivity contribution in [3.8, 4) is 5.75 Å². The van der Waals surface area contributed by atoms with E-state index in [2.05, 4.69) is 20.4 Å². The summed E-state index contributed by atoms with van der Waals surface area (Å²) < 4.78 is 53.9. The van der Waals surface area contributed by atoms with Gasteiger partial charge in [-0.25, -0.2) is 4.99 Å². The molecule has 0 amide bonds. The zero-order valence-electron chi connectivity index (χ0n) is 16.6. The number of benzene rings is 1. The van der Waals surface area contributed by atoms with Crippen molar-refractivity contribution in [1.82, 2.24) is 10.6 Å². The van der Waals surface area contributed by atoms with E-state index in [1.54, 1.807) is 12.1 Å². The number of guanidine groups is 1. The van der Waals surface area contributed by atoms with Gasteiger partial charge in [-0.05, 0) is 32.3 Å². The highest BCUT2D eigenvalue weighted by atomic mass is 127. The first-order valence-electron chi connectivity index (χ1n) is 9.58. The average Bonchev–Trinajstić information content (AvgIpc) is 2.65. The second kappa shape index (κ2) is 12.6. The van der Waals surface area contributed by atoms with E-state index in [1.165, 1.54) is 12.1 Å². The first-order valence-corrected chi connectivity index (χ1v) is 11.0. The third-order valence-corrected chi connectivity index (χ3v) is 6.31. The van der Waals surface area contributed by atoms with Crippen LogP contribution < -0.4 is 15.4 Å². The number of ether oxygens (including phenoxy) is 1. The third-order valence-electron chi connectivity index (χ3n) is 4.57. The fourth-order valence-electron chi connectivity index (χ4n) is 3.29.